The lowest BCUT2D eigenvalue weighted by atomic mass is 9.74. The molecule has 3 fully saturated rings. The summed E-state index contributed by atoms with van der Waals surface area (Å²) in [6.45, 7) is 4.98. The van der Waals surface area contributed by atoms with Gasteiger partial charge in [-0.3, -0.25) is 4.79 Å². The van der Waals surface area contributed by atoms with Crippen LogP contribution >= 0.6 is 0 Å². The van der Waals surface area contributed by atoms with Crippen LogP contribution in [0.15, 0.2) is 28.8 Å². The third kappa shape index (κ3) is 4.82. The average Bonchev–Trinajstić information content (AvgIpc) is 3.48. The van der Waals surface area contributed by atoms with Gasteiger partial charge >= 0.3 is 0 Å². The maximum absolute atomic E-state index is 13.1. The Bertz CT molecular complexity index is 935. The van der Waals surface area contributed by atoms with Gasteiger partial charge in [0.1, 0.15) is 5.75 Å². The molecule has 5 rings (SSSR count). The number of likely N-dealkylation sites (tertiary alicyclic amines) is 1. The number of piperidine rings is 1. The summed E-state index contributed by atoms with van der Waals surface area (Å²) >= 11 is 0. The van der Waals surface area contributed by atoms with E-state index in [1.54, 1.807) is 0 Å². The standard InChI is InChI=1S/C25H33N3O4/c1-18-4-2-5-21(14-18)31-16-22(29)28-11-3-10-25(17-28,15-19-6-7-19)24-26-23(32-27-24)20-8-12-30-13-9-20/h2,4-5,14,19-20H,3,6-13,15-17H2,1H3. The summed E-state index contributed by atoms with van der Waals surface area (Å²) < 4.78 is 17.0. The fourth-order valence-electron chi connectivity index (χ4n) is 5.16. The molecule has 0 N–H and O–H groups in total. The van der Waals surface area contributed by atoms with Gasteiger partial charge in [0.25, 0.3) is 5.91 Å². The SMILES string of the molecule is Cc1cccc(OCC(=O)N2CCCC(CC3CC3)(c3noc(C4CCOCC4)n3)C2)c1. The highest BCUT2D eigenvalue weighted by Crippen LogP contribution is 2.46. The van der Waals surface area contributed by atoms with Crippen molar-refractivity contribution in [2.24, 2.45) is 5.92 Å². The highest BCUT2D eigenvalue weighted by molar-refractivity contribution is 5.78. The minimum atomic E-state index is -0.217. The third-order valence-corrected chi connectivity index (χ3v) is 7.14. The second-order valence-corrected chi connectivity index (χ2v) is 9.79. The molecular formula is C25H33N3O4. The number of benzene rings is 1. The predicted octanol–water partition coefficient (Wildman–Crippen LogP) is 4.01. The number of rotatable bonds is 7. The predicted molar refractivity (Wildman–Crippen MR) is 119 cm³/mol. The Morgan fingerprint density at radius 2 is 2.09 bits per heavy atom. The molecule has 0 radical (unpaired) electrons. The molecule has 1 aliphatic carbocycles. The van der Waals surface area contributed by atoms with Crippen LogP contribution in [0.2, 0.25) is 0 Å². The molecule has 2 aromatic rings. The Kier molecular flexibility index (Phi) is 6.17. The maximum Gasteiger partial charge on any atom is 0.260 e. The highest BCUT2D eigenvalue weighted by atomic mass is 16.5. The van der Waals surface area contributed by atoms with Crippen molar-refractivity contribution in [2.45, 2.75) is 63.2 Å². The second-order valence-electron chi connectivity index (χ2n) is 9.79. The summed E-state index contributed by atoms with van der Waals surface area (Å²) in [6.07, 6.45) is 7.36. The van der Waals surface area contributed by atoms with Crippen molar-refractivity contribution in [3.63, 3.8) is 0 Å². The van der Waals surface area contributed by atoms with E-state index in [0.29, 0.717) is 12.5 Å². The van der Waals surface area contributed by atoms with Crippen molar-refractivity contribution in [3.05, 3.63) is 41.5 Å². The summed E-state index contributed by atoms with van der Waals surface area (Å²) in [4.78, 5) is 19.9. The zero-order chi connectivity index (χ0) is 22.0. The fraction of sp³-hybridized carbons (Fsp3) is 0.640. The van der Waals surface area contributed by atoms with E-state index in [9.17, 15) is 4.79 Å². The molecule has 1 atom stereocenters. The van der Waals surface area contributed by atoms with E-state index in [0.717, 1.165) is 74.9 Å². The maximum atomic E-state index is 13.1. The summed E-state index contributed by atoms with van der Waals surface area (Å²) in [5.41, 5.74) is 0.902. The number of carbonyl (C=O) groups excluding carboxylic acids is 1. The summed E-state index contributed by atoms with van der Waals surface area (Å²) in [7, 11) is 0. The minimum absolute atomic E-state index is 0.0273. The molecule has 2 aliphatic heterocycles. The normalized spacial score (nSPS) is 24.5. The second kappa shape index (κ2) is 9.22. The zero-order valence-corrected chi connectivity index (χ0v) is 18.9. The summed E-state index contributed by atoms with van der Waals surface area (Å²) in [5, 5.41) is 4.47. The monoisotopic (exact) mass is 439 g/mol. The first-order chi connectivity index (χ1) is 15.6. The number of carbonyl (C=O) groups is 1. The van der Waals surface area contributed by atoms with Gasteiger partial charge in [0.2, 0.25) is 5.89 Å². The molecule has 32 heavy (non-hydrogen) atoms. The quantitative estimate of drug-likeness (QED) is 0.649. The van der Waals surface area contributed by atoms with E-state index in [2.05, 4.69) is 5.16 Å². The molecular weight excluding hydrogens is 406 g/mol. The first kappa shape index (κ1) is 21.4. The van der Waals surface area contributed by atoms with Gasteiger partial charge in [0, 0.05) is 32.2 Å². The molecule has 3 heterocycles. The zero-order valence-electron chi connectivity index (χ0n) is 18.9. The largest absolute Gasteiger partial charge is 0.484 e. The van der Waals surface area contributed by atoms with Crippen LogP contribution in [0.3, 0.4) is 0 Å². The molecule has 7 heteroatoms. The van der Waals surface area contributed by atoms with Gasteiger partial charge in [-0.1, -0.05) is 30.1 Å². The number of aryl methyl sites for hydroxylation is 1. The van der Waals surface area contributed by atoms with Gasteiger partial charge < -0.3 is 18.9 Å². The lowest BCUT2D eigenvalue weighted by Crippen LogP contribution is -2.50. The van der Waals surface area contributed by atoms with Gasteiger partial charge in [0.05, 0.1) is 5.41 Å². The van der Waals surface area contributed by atoms with Crippen LogP contribution in [-0.4, -0.2) is 53.9 Å². The van der Waals surface area contributed by atoms with E-state index in [-0.39, 0.29) is 23.8 Å². The lowest BCUT2D eigenvalue weighted by molar-refractivity contribution is -0.135. The van der Waals surface area contributed by atoms with Crippen LogP contribution in [0, 0.1) is 12.8 Å². The van der Waals surface area contributed by atoms with Crippen molar-refractivity contribution in [1.29, 1.82) is 0 Å². The summed E-state index contributed by atoms with van der Waals surface area (Å²) in [6, 6.07) is 7.82. The van der Waals surface area contributed by atoms with Crippen molar-refractivity contribution in [3.8, 4) is 5.75 Å². The Balaban J connectivity index is 1.30. The molecule has 1 aromatic heterocycles. The first-order valence-electron chi connectivity index (χ1n) is 12.0. The number of hydrogen-bond acceptors (Lipinski definition) is 6. The topological polar surface area (TPSA) is 77.7 Å². The Labute approximate surface area is 189 Å². The van der Waals surface area contributed by atoms with E-state index < -0.39 is 0 Å². The lowest BCUT2D eigenvalue weighted by Gasteiger charge is -2.41. The Morgan fingerprint density at radius 3 is 2.88 bits per heavy atom. The van der Waals surface area contributed by atoms with Crippen LogP contribution in [0.25, 0.3) is 0 Å². The summed E-state index contributed by atoms with van der Waals surface area (Å²) in [5.74, 6) is 3.29. The van der Waals surface area contributed by atoms with Gasteiger partial charge in [-0.05, 0) is 62.6 Å². The van der Waals surface area contributed by atoms with Crippen molar-refractivity contribution in [1.82, 2.24) is 15.0 Å². The van der Waals surface area contributed by atoms with Gasteiger partial charge in [-0.2, -0.15) is 4.98 Å². The first-order valence-corrected chi connectivity index (χ1v) is 12.0. The van der Waals surface area contributed by atoms with Gasteiger partial charge in [-0.25, -0.2) is 0 Å². The molecule has 2 saturated heterocycles. The van der Waals surface area contributed by atoms with Gasteiger partial charge in [0.15, 0.2) is 12.4 Å². The molecule has 1 amide bonds. The number of amides is 1. The van der Waals surface area contributed by atoms with Crippen LogP contribution < -0.4 is 4.74 Å². The molecule has 0 spiro atoms. The number of hydrogen-bond donors (Lipinski definition) is 0. The molecule has 1 unspecified atom stereocenters. The van der Waals surface area contributed by atoms with Gasteiger partial charge in [-0.15, -0.1) is 0 Å². The van der Waals surface area contributed by atoms with E-state index in [1.165, 1.54) is 12.8 Å². The van der Waals surface area contributed by atoms with Crippen molar-refractivity contribution < 1.29 is 18.8 Å². The molecule has 1 aromatic carbocycles. The van der Waals surface area contributed by atoms with Crippen LogP contribution in [0.1, 0.15) is 68.1 Å². The highest BCUT2D eigenvalue weighted by Gasteiger charge is 2.46. The fourth-order valence-corrected chi connectivity index (χ4v) is 5.16. The van der Waals surface area contributed by atoms with Crippen LogP contribution in [-0.2, 0) is 14.9 Å². The molecule has 172 valence electrons. The number of ether oxygens (including phenoxy) is 2. The number of nitrogens with zero attached hydrogens (tertiary/aromatic N) is 3. The van der Waals surface area contributed by atoms with E-state index in [1.807, 2.05) is 36.1 Å². The van der Waals surface area contributed by atoms with Crippen LogP contribution in [0.4, 0.5) is 0 Å². The van der Waals surface area contributed by atoms with Crippen LogP contribution in [0.5, 0.6) is 5.75 Å². The van der Waals surface area contributed by atoms with E-state index in [4.69, 9.17) is 19.0 Å². The molecule has 0 bridgehead atoms. The Morgan fingerprint density at radius 1 is 1.25 bits per heavy atom. The molecule has 3 aliphatic rings. The third-order valence-electron chi connectivity index (χ3n) is 7.14. The average molecular weight is 440 g/mol. The number of aromatic nitrogens is 2. The van der Waals surface area contributed by atoms with Crippen molar-refractivity contribution in [2.75, 3.05) is 32.9 Å². The minimum Gasteiger partial charge on any atom is -0.484 e. The van der Waals surface area contributed by atoms with E-state index >= 15 is 0 Å². The smallest absolute Gasteiger partial charge is 0.260 e. The molecule has 1 saturated carbocycles. The Hall–Kier alpha value is -2.41. The molecule has 7 nitrogen and oxygen atoms in total. The van der Waals surface area contributed by atoms with Crippen molar-refractivity contribution >= 4 is 5.91 Å².